The molecule has 0 amide bonds. The quantitative estimate of drug-likeness (QED) is 0.696. The first kappa shape index (κ1) is 15.1. The van der Waals surface area contributed by atoms with E-state index in [-0.39, 0.29) is 18.1 Å². The Hall–Kier alpha value is -2.76. The molecule has 2 heterocycles. The largest absolute Gasteiger partial charge is 0.461 e. The first-order chi connectivity index (χ1) is 11.0. The summed E-state index contributed by atoms with van der Waals surface area (Å²) in [4.78, 5) is 20.6. The molecule has 0 aliphatic heterocycles. The first-order valence-corrected chi connectivity index (χ1v) is 7.30. The van der Waals surface area contributed by atoms with Crippen LogP contribution in [0.5, 0.6) is 0 Å². The fourth-order valence-electron chi connectivity index (χ4n) is 2.67. The SMILES string of the molecule is CCOC(=O)c1ncn2c(C)c(-c3ccc(F)cc3)c(C)nc12. The van der Waals surface area contributed by atoms with Crippen LogP contribution >= 0.6 is 0 Å². The number of esters is 1. The molecule has 0 radical (unpaired) electrons. The smallest absolute Gasteiger partial charge is 0.360 e. The number of aryl methyl sites for hydroxylation is 2. The average Bonchev–Trinajstić information content (AvgIpc) is 2.93. The van der Waals surface area contributed by atoms with E-state index in [9.17, 15) is 9.18 Å². The van der Waals surface area contributed by atoms with Crippen LogP contribution in [-0.2, 0) is 4.74 Å². The Balaban J connectivity index is 2.19. The van der Waals surface area contributed by atoms with Gasteiger partial charge in [-0.15, -0.1) is 0 Å². The van der Waals surface area contributed by atoms with E-state index in [1.165, 1.54) is 12.1 Å². The minimum Gasteiger partial charge on any atom is -0.461 e. The van der Waals surface area contributed by atoms with Crippen molar-refractivity contribution in [1.82, 2.24) is 14.4 Å². The molecule has 23 heavy (non-hydrogen) atoms. The number of ether oxygens (including phenoxy) is 1. The summed E-state index contributed by atoms with van der Waals surface area (Å²) in [6.07, 6.45) is 1.55. The van der Waals surface area contributed by atoms with Crippen LogP contribution in [0.3, 0.4) is 0 Å². The molecule has 0 saturated carbocycles. The van der Waals surface area contributed by atoms with E-state index in [0.29, 0.717) is 5.65 Å². The van der Waals surface area contributed by atoms with Gasteiger partial charge < -0.3 is 4.74 Å². The van der Waals surface area contributed by atoms with Crippen LogP contribution in [0.1, 0.15) is 28.8 Å². The molecule has 0 fully saturated rings. The van der Waals surface area contributed by atoms with Gasteiger partial charge in [0, 0.05) is 17.0 Å². The van der Waals surface area contributed by atoms with Crippen molar-refractivity contribution in [2.45, 2.75) is 20.8 Å². The van der Waals surface area contributed by atoms with E-state index in [1.807, 2.05) is 13.8 Å². The molecule has 0 saturated heterocycles. The lowest BCUT2D eigenvalue weighted by Crippen LogP contribution is -2.08. The van der Waals surface area contributed by atoms with Gasteiger partial charge in [-0.05, 0) is 38.5 Å². The Labute approximate surface area is 132 Å². The Morgan fingerprint density at radius 2 is 1.96 bits per heavy atom. The molecule has 0 aliphatic rings. The van der Waals surface area contributed by atoms with Crippen molar-refractivity contribution < 1.29 is 13.9 Å². The molecule has 6 heteroatoms. The second-order valence-corrected chi connectivity index (χ2v) is 5.17. The maximum Gasteiger partial charge on any atom is 0.360 e. The van der Waals surface area contributed by atoms with Crippen molar-refractivity contribution in [2.75, 3.05) is 6.61 Å². The minimum atomic E-state index is -0.490. The van der Waals surface area contributed by atoms with Crippen LogP contribution in [0.2, 0.25) is 0 Å². The number of fused-ring (bicyclic) bond motifs is 1. The summed E-state index contributed by atoms with van der Waals surface area (Å²) in [5, 5.41) is 0. The number of hydrogen-bond donors (Lipinski definition) is 0. The third kappa shape index (κ3) is 2.56. The topological polar surface area (TPSA) is 56.5 Å². The number of halogens is 1. The van der Waals surface area contributed by atoms with Crippen LogP contribution in [0.4, 0.5) is 4.39 Å². The van der Waals surface area contributed by atoms with Crippen molar-refractivity contribution in [3.63, 3.8) is 0 Å². The standard InChI is InChI=1S/C17H16FN3O2/c1-4-23-17(22)15-16-20-10(2)14(11(3)21(16)9-19-15)12-5-7-13(18)8-6-12/h5-9H,4H2,1-3H3. The maximum absolute atomic E-state index is 13.1. The molecule has 0 unspecified atom stereocenters. The number of carbonyl (C=O) groups excluding carboxylic acids is 1. The fraction of sp³-hybridized carbons (Fsp3) is 0.235. The fourth-order valence-corrected chi connectivity index (χ4v) is 2.67. The molecule has 0 spiro atoms. The first-order valence-electron chi connectivity index (χ1n) is 7.30. The van der Waals surface area contributed by atoms with Crippen molar-refractivity contribution in [3.05, 3.63) is 53.5 Å². The van der Waals surface area contributed by atoms with Gasteiger partial charge in [-0.3, -0.25) is 4.40 Å². The number of benzene rings is 1. The predicted molar refractivity (Wildman–Crippen MR) is 83.8 cm³/mol. The van der Waals surface area contributed by atoms with E-state index >= 15 is 0 Å². The lowest BCUT2D eigenvalue weighted by molar-refractivity contribution is 0.0522. The van der Waals surface area contributed by atoms with Gasteiger partial charge in [0.25, 0.3) is 0 Å². The summed E-state index contributed by atoms with van der Waals surface area (Å²) in [6, 6.07) is 6.25. The predicted octanol–water partition coefficient (Wildman–Crippen LogP) is 3.33. The molecule has 0 aliphatic carbocycles. The monoisotopic (exact) mass is 313 g/mol. The van der Waals surface area contributed by atoms with E-state index in [1.54, 1.807) is 29.8 Å². The molecular formula is C17H16FN3O2. The molecule has 5 nitrogen and oxygen atoms in total. The molecule has 0 bridgehead atoms. The van der Waals surface area contributed by atoms with Crippen molar-refractivity contribution in [1.29, 1.82) is 0 Å². The zero-order valence-electron chi connectivity index (χ0n) is 13.1. The zero-order valence-corrected chi connectivity index (χ0v) is 13.1. The zero-order chi connectivity index (χ0) is 16.6. The summed E-state index contributed by atoms with van der Waals surface area (Å²) in [7, 11) is 0. The molecular weight excluding hydrogens is 297 g/mol. The Morgan fingerprint density at radius 1 is 1.26 bits per heavy atom. The highest BCUT2D eigenvalue weighted by Gasteiger charge is 2.19. The summed E-state index contributed by atoms with van der Waals surface area (Å²) in [5.41, 5.74) is 4.04. The average molecular weight is 313 g/mol. The number of carbonyl (C=O) groups is 1. The lowest BCUT2D eigenvalue weighted by atomic mass is 10.0. The third-order valence-corrected chi connectivity index (χ3v) is 3.70. The van der Waals surface area contributed by atoms with Crippen LogP contribution in [0.25, 0.3) is 16.8 Å². The van der Waals surface area contributed by atoms with Crippen LogP contribution < -0.4 is 0 Å². The molecule has 1 aromatic carbocycles. The second-order valence-electron chi connectivity index (χ2n) is 5.17. The number of imidazole rings is 1. The second kappa shape index (κ2) is 5.79. The van der Waals surface area contributed by atoms with E-state index in [0.717, 1.165) is 22.5 Å². The van der Waals surface area contributed by atoms with Gasteiger partial charge in [0.1, 0.15) is 12.1 Å². The van der Waals surface area contributed by atoms with Gasteiger partial charge in [-0.25, -0.2) is 19.2 Å². The van der Waals surface area contributed by atoms with Crippen LogP contribution in [-0.4, -0.2) is 26.9 Å². The Morgan fingerprint density at radius 3 is 2.61 bits per heavy atom. The van der Waals surface area contributed by atoms with Gasteiger partial charge in [-0.2, -0.15) is 0 Å². The van der Waals surface area contributed by atoms with Crippen LogP contribution in [0.15, 0.2) is 30.6 Å². The normalized spacial score (nSPS) is 11.0. The van der Waals surface area contributed by atoms with Crippen LogP contribution in [0, 0.1) is 19.7 Å². The summed E-state index contributed by atoms with van der Waals surface area (Å²) in [5.74, 6) is -0.777. The number of hydrogen-bond acceptors (Lipinski definition) is 4. The highest BCUT2D eigenvalue weighted by Crippen LogP contribution is 2.28. The van der Waals surface area contributed by atoms with E-state index in [2.05, 4.69) is 9.97 Å². The van der Waals surface area contributed by atoms with Gasteiger partial charge in [0.15, 0.2) is 11.3 Å². The van der Waals surface area contributed by atoms with Gasteiger partial charge in [0.2, 0.25) is 0 Å². The van der Waals surface area contributed by atoms with E-state index < -0.39 is 5.97 Å². The van der Waals surface area contributed by atoms with Gasteiger partial charge in [-0.1, -0.05) is 12.1 Å². The van der Waals surface area contributed by atoms with Crippen molar-refractivity contribution >= 4 is 11.6 Å². The van der Waals surface area contributed by atoms with Gasteiger partial charge >= 0.3 is 5.97 Å². The summed E-state index contributed by atoms with van der Waals surface area (Å²) >= 11 is 0. The van der Waals surface area contributed by atoms with Gasteiger partial charge in [0.05, 0.1) is 6.61 Å². The van der Waals surface area contributed by atoms with Crippen molar-refractivity contribution in [3.8, 4) is 11.1 Å². The summed E-state index contributed by atoms with van der Waals surface area (Å²) < 4.78 is 19.9. The molecule has 3 rings (SSSR count). The molecule has 0 atom stereocenters. The third-order valence-electron chi connectivity index (χ3n) is 3.70. The highest BCUT2D eigenvalue weighted by atomic mass is 19.1. The lowest BCUT2D eigenvalue weighted by Gasteiger charge is -2.12. The minimum absolute atomic E-state index is 0.198. The van der Waals surface area contributed by atoms with Crippen molar-refractivity contribution in [2.24, 2.45) is 0 Å². The summed E-state index contributed by atoms with van der Waals surface area (Å²) in [6.45, 7) is 5.79. The molecule has 118 valence electrons. The number of rotatable bonds is 3. The Kier molecular flexibility index (Phi) is 3.82. The molecule has 0 N–H and O–H groups in total. The maximum atomic E-state index is 13.1. The molecule has 3 aromatic rings. The van der Waals surface area contributed by atoms with E-state index in [4.69, 9.17) is 4.74 Å². The molecule has 2 aromatic heterocycles. The number of aromatic nitrogens is 3. The number of nitrogens with zero attached hydrogens (tertiary/aromatic N) is 3. The Bertz CT molecular complexity index is 885. The highest BCUT2D eigenvalue weighted by molar-refractivity contribution is 5.94.